The van der Waals surface area contributed by atoms with E-state index in [-0.39, 0.29) is 12.1 Å². The first kappa shape index (κ1) is 15.2. The highest BCUT2D eigenvalue weighted by Crippen LogP contribution is 2.10. The maximum Gasteiger partial charge on any atom is 0.314 e. The van der Waals surface area contributed by atoms with Crippen molar-refractivity contribution in [3.8, 4) is 0 Å². The number of amides is 2. The zero-order valence-corrected chi connectivity index (χ0v) is 11.4. The third-order valence-electron chi connectivity index (χ3n) is 2.73. The van der Waals surface area contributed by atoms with Gasteiger partial charge in [0.25, 0.3) is 0 Å². The summed E-state index contributed by atoms with van der Waals surface area (Å²) in [6.45, 7) is 4.06. The molecule has 0 aliphatic carbocycles. The van der Waals surface area contributed by atoms with Crippen LogP contribution in [0.5, 0.6) is 0 Å². The van der Waals surface area contributed by atoms with Crippen LogP contribution < -0.4 is 10.6 Å². The third kappa shape index (κ3) is 7.47. The van der Waals surface area contributed by atoms with E-state index in [1.165, 1.54) is 0 Å². The third-order valence-corrected chi connectivity index (χ3v) is 2.73. The summed E-state index contributed by atoms with van der Waals surface area (Å²) in [6.07, 6.45) is 2.31. The summed E-state index contributed by atoms with van der Waals surface area (Å²) < 4.78 is 10.8. The number of nitrogens with one attached hydrogen (secondary N) is 2. The quantitative estimate of drug-likeness (QED) is 0.604. The van der Waals surface area contributed by atoms with E-state index in [0.29, 0.717) is 26.3 Å². The monoisotopic (exact) mass is 259 g/mol. The van der Waals surface area contributed by atoms with Gasteiger partial charge in [0.1, 0.15) is 0 Å². The molecule has 18 heavy (non-hydrogen) atoms. The van der Waals surface area contributed by atoms with Crippen molar-refractivity contribution >= 4 is 6.03 Å². The zero-order valence-electron chi connectivity index (χ0n) is 11.4. The fraction of sp³-hybridized carbons (Fsp3) is 0.917. The number of carbonyl (C=O) groups is 1. The van der Waals surface area contributed by atoms with Gasteiger partial charge in [0.15, 0.2) is 0 Å². The molecule has 1 fully saturated rings. The minimum absolute atomic E-state index is 0.151. The molecule has 0 aromatic carbocycles. The number of nitrogens with zero attached hydrogens (tertiary/aromatic N) is 1. The van der Waals surface area contributed by atoms with Crippen molar-refractivity contribution < 1.29 is 14.3 Å². The average Bonchev–Trinajstić information content (AvgIpc) is 2.83. The lowest BCUT2D eigenvalue weighted by molar-refractivity contribution is 0.110. The normalized spacial score (nSPS) is 19.2. The Labute approximate surface area is 109 Å². The van der Waals surface area contributed by atoms with E-state index in [4.69, 9.17) is 9.47 Å². The number of urea groups is 1. The highest BCUT2D eigenvalue weighted by atomic mass is 16.5. The van der Waals surface area contributed by atoms with Crippen LogP contribution in [0.15, 0.2) is 0 Å². The summed E-state index contributed by atoms with van der Waals surface area (Å²) in [5, 5.41) is 5.55. The topological polar surface area (TPSA) is 62.8 Å². The van der Waals surface area contributed by atoms with E-state index < -0.39 is 0 Å². The van der Waals surface area contributed by atoms with Crippen molar-refractivity contribution in [1.82, 2.24) is 15.5 Å². The van der Waals surface area contributed by atoms with Crippen molar-refractivity contribution in [2.24, 2.45) is 0 Å². The van der Waals surface area contributed by atoms with Crippen LogP contribution in [0.2, 0.25) is 0 Å². The van der Waals surface area contributed by atoms with Gasteiger partial charge in [-0.15, -0.1) is 0 Å². The van der Waals surface area contributed by atoms with E-state index in [1.807, 2.05) is 14.1 Å². The molecule has 0 aromatic heterocycles. The van der Waals surface area contributed by atoms with Crippen LogP contribution in [-0.2, 0) is 9.47 Å². The minimum atomic E-state index is -0.151. The second-order valence-electron chi connectivity index (χ2n) is 4.69. The lowest BCUT2D eigenvalue weighted by Crippen LogP contribution is -2.40. The molecule has 106 valence electrons. The van der Waals surface area contributed by atoms with E-state index in [1.54, 1.807) is 0 Å². The molecule has 6 heteroatoms. The molecule has 6 nitrogen and oxygen atoms in total. The summed E-state index contributed by atoms with van der Waals surface area (Å²) in [6, 6.07) is -0.151. The van der Waals surface area contributed by atoms with E-state index in [0.717, 1.165) is 26.0 Å². The van der Waals surface area contributed by atoms with Gasteiger partial charge in [-0.2, -0.15) is 0 Å². The van der Waals surface area contributed by atoms with Gasteiger partial charge in [0, 0.05) is 26.2 Å². The van der Waals surface area contributed by atoms with Gasteiger partial charge >= 0.3 is 6.03 Å². The molecule has 0 bridgehead atoms. The molecule has 0 unspecified atom stereocenters. The van der Waals surface area contributed by atoms with Crippen molar-refractivity contribution in [3.05, 3.63) is 0 Å². The molecule has 0 spiro atoms. The fourth-order valence-electron chi connectivity index (χ4n) is 1.66. The molecule has 1 atom stereocenters. The summed E-state index contributed by atoms with van der Waals surface area (Å²) in [5.41, 5.74) is 0. The number of ether oxygens (including phenoxy) is 2. The smallest absolute Gasteiger partial charge is 0.314 e. The molecule has 1 aliphatic rings. The highest BCUT2D eigenvalue weighted by Gasteiger charge is 2.15. The van der Waals surface area contributed by atoms with E-state index in [2.05, 4.69) is 15.5 Å². The molecule has 1 aliphatic heterocycles. The largest absolute Gasteiger partial charge is 0.378 e. The molecule has 0 radical (unpaired) electrons. The predicted octanol–water partition coefficient (Wildman–Crippen LogP) is 0.0428. The lowest BCUT2D eigenvalue weighted by Gasteiger charge is -2.12. The first-order valence-electron chi connectivity index (χ1n) is 6.54. The SMILES string of the molecule is CN(C)CCOCCNC(=O)NC[C@@H]1CCCO1. The highest BCUT2D eigenvalue weighted by molar-refractivity contribution is 5.73. The van der Waals surface area contributed by atoms with Crippen LogP contribution >= 0.6 is 0 Å². The Bertz CT molecular complexity index is 231. The Morgan fingerprint density at radius 2 is 2.22 bits per heavy atom. The maximum absolute atomic E-state index is 11.4. The minimum Gasteiger partial charge on any atom is -0.378 e. The van der Waals surface area contributed by atoms with Crippen molar-refractivity contribution in [1.29, 1.82) is 0 Å². The molecular formula is C12H25N3O3. The number of hydrogen-bond acceptors (Lipinski definition) is 4. The van der Waals surface area contributed by atoms with Gasteiger partial charge in [0.05, 0.1) is 19.3 Å². The number of hydrogen-bond donors (Lipinski definition) is 2. The number of carbonyl (C=O) groups excluding carboxylic acids is 1. The summed E-state index contributed by atoms with van der Waals surface area (Å²) in [7, 11) is 4.00. The Morgan fingerprint density at radius 3 is 2.89 bits per heavy atom. The Balaban J connectivity index is 1.87. The van der Waals surface area contributed by atoms with Gasteiger partial charge in [-0.1, -0.05) is 0 Å². The number of likely N-dealkylation sites (N-methyl/N-ethyl adjacent to an activating group) is 1. The Kier molecular flexibility index (Phi) is 7.71. The maximum atomic E-state index is 11.4. The predicted molar refractivity (Wildman–Crippen MR) is 69.7 cm³/mol. The van der Waals surface area contributed by atoms with Gasteiger partial charge < -0.3 is 25.0 Å². The molecule has 2 N–H and O–H groups in total. The molecular weight excluding hydrogens is 234 g/mol. The average molecular weight is 259 g/mol. The molecule has 1 heterocycles. The Morgan fingerprint density at radius 1 is 1.39 bits per heavy atom. The second-order valence-corrected chi connectivity index (χ2v) is 4.69. The van der Waals surface area contributed by atoms with Crippen LogP contribution in [0.3, 0.4) is 0 Å². The van der Waals surface area contributed by atoms with Gasteiger partial charge in [0.2, 0.25) is 0 Å². The lowest BCUT2D eigenvalue weighted by atomic mass is 10.2. The van der Waals surface area contributed by atoms with Crippen LogP contribution in [0.25, 0.3) is 0 Å². The van der Waals surface area contributed by atoms with Gasteiger partial charge in [-0.05, 0) is 26.9 Å². The first-order chi connectivity index (χ1) is 8.68. The molecule has 2 amide bonds. The van der Waals surface area contributed by atoms with Crippen LogP contribution in [-0.4, -0.2) is 70.6 Å². The van der Waals surface area contributed by atoms with Crippen LogP contribution in [0.1, 0.15) is 12.8 Å². The number of rotatable bonds is 8. The molecule has 0 saturated carbocycles. The Hall–Kier alpha value is -0.850. The standard InChI is InChI=1S/C12H25N3O3/c1-15(2)6-9-17-8-5-13-12(16)14-10-11-4-3-7-18-11/h11H,3-10H2,1-2H3,(H2,13,14,16)/t11-/m0/s1. The van der Waals surface area contributed by atoms with Crippen LogP contribution in [0, 0.1) is 0 Å². The molecule has 1 saturated heterocycles. The van der Waals surface area contributed by atoms with Crippen molar-refractivity contribution in [2.75, 3.05) is 53.6 Å². The van der Waals surface area contributed by atoms with E-state index in [9.17, 15) is 4.79 Å². The van der Waals surface area contributed by atoms with Crippen molar-refractivity contribution in [2.45, 2.75) is 18.9 Å². The van der Waals surface area contributed by atoms with Gasteiger partial charge in [-0.3, -0.25) is 0 Å². The van der Waals surface area contributed by atoms with Gasteiger partial charge in [-0.25, -0.2) is 4.79 Å². The molecule has 1 rings (SSSR count). The second kappa shape index (κ2) is 9.13. The zero-order chi connectivity index (χ0) is 13.2. The van der Waals surface area contributed by atoms with E-state index >= 15 is 0 Å². The summed E-state index contributed by atoms with van der Waals surface area (Å²) in [5.74, 6) is 0. The van der Waals surface area contributed by atoms with Crippen molar-refractivity contribution in [3.63, 3.8) is 0 Å². The molecule has 0 aromatic rings. The fourth-order valence-corrected chi connectivity index (χ4v) is 1.66. The summed E-state index contributed by atoms with van der Waals surface area (Å²) in [4.78, 5) is 13.5. The van der Waals surface area contributed by atoms with Crippen LogP contribution in [0.4, 0.5) is 4.79 Å². The first-order valence-corrected chi connectivity index (χ1v) is 6.54. The summed E-state index contributed by atoms with van der Waals surface area (Å²) >= 11 is 0.